The van der Waals surface area contributed by atoms with E-state index in [1.54, 1.807) is 13.8 Å². The third kappa shape index (κ3) is 22.9. The summed E-state index contributed by atoms with van der Waals surface area (Å²) in [5.41, 5.74) is 0. The second-order valence-electron chi connectivity index (χ2n) is 2.46. The fraction of sp³-hybridized carbons (Fsp3) is 0.875. The van der Waals surface area contributed by atoms with Crippen LogP contribution in [0.5, 0.6) is 0 Å². The summed E-state index contributed by atoms with van der Waals surface area (Å²) in [6, 6.07) is 0. The fourth-order valence-electron chi connectivity index (χ4n) is 0.277. The Kier molecular flexibility index (Phi) is 11.8. The Morgan fingerprint density at radius 1 is 1.08 bits per heavy atom. The average molecular weight is 177 g/mol. The van der Waals surface area contributed by atoms with E-state index < -0.39 is 6.16 Å². The van der Waals surface area contributed by atoms with Crippen molar-refractivity contribution in [2.45, 2.75) is 13.8 Å². The van der Waals surface area contributed by atoms with Crippen molar-refractivity contribution < 1.29 is 14.3 Å². The van der Waals surface area contributed by atoms with E-state index in [1.807, 2.05) is 26.0 Å². The first-order valence-electron chi connectivity index (χ1n) is 3.95. The lowest BCUT2D eigenvalue weighted by molar-refractivity contribution is 0.0630. The van der Waals surface area contributed by atoms with Crippen molar-refractivity contribution in [3.8, 4) is 0 Å². The molecule has 0 spiro atoms. The van der Waals surface area contributed by atoms with Crippen molar-refractivity contribution in [2.75, 3.05) is 34.4 Å². The Bertz CT molecular complexity index is 93.7. The van der Waals surface area contributed by atoms with Crippen LogP contribution in [0.25, 0.3) is 0 Å². The predicted octanol–water partition coefficient (Wildman–Crippen LogP) is 1.36. The number of ether oxygens (including phenoxy) is 2. The van der Waals surface area contributed by atoms with Crippen molar-refractivity contribution in [1.82, 2.24) is 4.90 Å². The quantitative estimate of drug-likeness (QED) is 0.597. The molecule has 74 valence electrons. The highest BCUT2D eigenvalue weighted by Gasteiger charge is 1.96. The highest BCUT2D eigenvalue weighted by atomic mass is 16.7. The molecule has 0 aromatic rings. The molecule has 0 bridgehead atoms. The van der Waals surface area contributed by atoms with E-state index in [2.05, 4.69) is 9.47 Å². The third-order valence-corrected chi connectivity index (χ3v) is 0.524. The summed E-state index contributed by atoms with van der Waals surface area (Å²) in [5.74, 6) is 0. The Morgan fingerprint density at radius 3 is 1.50 bits per heavy atom. The van der Waals surface area contributed by atoms with Crippen LogP contribution in [-0.4, -0.2) is 45.4 Å². The predicted molar refractivity (Wildman–Crippen MR) is 48.3 cm³/mol. The van der Waals surface area contributed by atoms with Gasteiger partial charge in [0, 0.05) is 0 Å². The molecule has 0 heterocycles. The molecule has 4 heteroatoms. The van der Waals surface area contributed by atoms with Gasteiger partial charge in [-0.2, -0.15) is 0 Å². The molecule has 0 amide bonds. The molecular weight excluding hydrogens is 158 g/mol. The van der Waals surface area contributed by atoms with Crippen LogP contribution in [0.4, 0.5) is 4.79 Å². The van der Waals surface area contributed by atoms with E-state index >= 15 is 0 Å². The Hall–Kier alpha value is -0.770. The summed E-state index contributed by atoms with van der Waals surface area (Å²) in [4.78, 5) is 12.2. The van der Waals surface area contributed by atoms with E-state index in [0.29, 0.717) is 13.2 Å². The molecule has 0 aliphatic carbocycles. The van der Waals surface area contributed by atoms with Crippen LogP contribution in [0.3, 0.4) is 0 Å². The van der Waals surface area contributed by atoms with E-state index in [1.165, 1.54) is 0 Å². The maximum absolute atomic E-state index is 10.2. The maximum atomic E-state index is 10.2. The van der Waals surface area contributed by atoms with Gasteiger partial charge in [-0.25, -0.2) is 4.79 Å². The minimum atomic E-state index is -0.588. The zero-order valence-electron chi connectivity index (χ0n) is 8.59. The van der Waals surface area contributed by atoms with Crippen molar-refractivity contribution in [3.63, 3.8) is 0 Å². The van der Waals surface area contributed by atoms with E-state index in [-0.39, 0.29) is 0 Å². The molecule has 0 aromatic heterocycles. The number of rotatable bonds is 2. The van der Waals surface area contributed by atoms with Gasteiger partial charge in [-0.15, -0.1) is 0 Å². The van der Waals surface area contributed by atoms with E-state index in [9.17, 15) is 4.79 Å². The molecular formula is C8H19NO3. The van der Waals surface area contributed by atoms with Crippen LogP contribution in [-0.2, 0) is 9.47 Å². The van der Waals surface area contributed by atoms with Gasteiger partial charge in [0.25, 0.3) is 0 Å². The van der Waals surface area contributed by atoms with Crippen molar-refractivity contribution in [3.05, 3.63) is 0 Å². The molecule has 4 nitrogen and oxygen atoms in total. The van der Waals surface area contributed by atoms with Crippen molar-refractivity contribution >= 4 is 6.16 Å². The molecule has 0 rings (SSSR count). The van der Waals surface area contributed by atoms with Crippen molar-refractivity contribution in [2.24, 2.45) is 0 Å². The van der Waals surface area contributed by atoms with Gasteiger partial charge in [0.2, 0.25) is 0 Å². The largest absolute Gasteiger partial charge is 0.508 e. The standard InChI is InChI=1S/C5H10O3.C3H9N/c1-3-7-5(6)8-4-2;1-4(2)3/h3-4H2,1-2H3;1-3H3. The van der Waals surface area contributed by atoms with Crippen LogP contribution >= 0.6 is 0 Å². The first-order valence-corrected chi connectivity index (χ1v) is 3.95. The third-order valence-electron chi connectivity index (χ3n) is 0.524. The fourth-order valence-corrected chi connectivity index (χ4v) is 0.277. The number of hydrogen-bond acceptors (Lipinski definition) is 4. The van der Waals surface area contributed by atoms with Gasteiger partial charge in [0.1, 0.15) is 0 Å². The number of nitrogens with zero attached hydrogens (tertiary/aromatic N) is 1. The summed E-state index contributed by atoms with van der Waals surface area (Å²) in [6.45, 7) is 4.21. The van der Waals surface area contributed by atoms with Crippen LogP contribution in [0.15, 0.2) is 0 Å². The summed E-state index contributed by atoms with van der Waals surface area (Å²) in [6.07, 6.45) is -0.588. The lowest BCUT2D eigenvalue weighted by atomic mass is 10.8. The second kappa shape index (κ2) is 10.2. The number of hydrogen-bond donors (Lipinski definition) is 0. The molecule has 0 aliphatic rings. The lowest BCUT2D eigenvalue weighted by Gasteiger charge is -1.98. The second-order valence-corrected chi connectivity index (χ2v) is 2.46. The van der Waals surface area contributed by atoms with Gasteiger partial charge in [-0.1, -0.05) is 0 Å². The number of carbonyl (C=O) groups excluding carboxylic acids is 1. The van der Waals surface area contributed by atoms with Gasteiger partial charge < -0.3 is 14.4 Å². The summed E-state index contributed by atoms with van der Waals surface area (Å²) in [5, 5.41) is 0. The Labute approximate surface area is 74.4 Å². The maximum Gasteiger partial charge on any atom is 0.508 e. The molecule has 0 aromatic carbocycles. The molecule has 0 N–H and O–H groups in total. The van der Waals surface area contributed by atoms with Crippen LogP contribution in [0, 0.1) is 0 Å². The zero-order valence-corrected chi connectivity index (χ0v) is 8.59. The molecule has 0 saturated carbocycles. The Morgan fingerprint density at radius 2 is 1.33 bits per heavy atom. The molecule has 0 aliphatic heterocycles. The smallest absolute Gasteiger partial charge is 0.435 e. The Balaban J connectivity index is 0. The van der Waals surface area contributed by atoms with Gasteiger partial charge in [0.15, 0.2) is 0 Å². The van der Waals surface area contributed by atoms with Crippen LogP contribution < -0.4 is 0 Å². The van der Waals surface area contributed by atoms with Gasteiger partial charge in [-0.3, -0.25) is 0 Å². The molecule has 0 unspecified atom stereocenters. The highest BCUT2D eigenvalue weighted by molar-refractivity contribution is 5.59. The first kappa shape index (κ1) is 13.8. The van der Waals surface area contributed by atoms with E-state index in [0.717, 1.165) is 0 Å². The summed E-state index contributed by atoms with van der Waals surface area (Å²) >= 11 is 0. The summed E-state index contributed by atoms with van der Waals surface area (Å²) in [7, 11) is 6.00. The monoisotopic (exact) mass is 177 g/mol. The highest BCUT2D eigenvalue weighted by Crippen LogP contribution is 1.81. The zero-order chi connectivity index (χ0) is 9.98. The minimum Gasteiger partial charge on any atom is -0.435 e. The lowest BCUT2D eigenvalue weighted by Crippen LogP contribution is -2.05. The van der Waals surface area contributed by atoms with E-state index in [4.69, 9.17) is 0 Å². The molecule has 0 radical (unpaired) electrons. The summed E-state index contributed by atoms with van der Waals surface area (Å²) < 4.78 is 8.84. The molecule has 0 atom stereocenters. The van der Waals surface area contributed by atoms with Crippen LogP contribution in [0.1, 0.15) is 13.8 Å². The topological polar surface area (TPSA) is 38.8 Å². The normalized spacial score (nSPS) is 8.50. The van der Waals surface area contributed by atoms with Gasteiger partial charge in [0.05, 0.1) is 13.2 Å². The SMILES string of the molecule is CCOC(=O)OCC.CN(C)C. The molecule has 0 fully saturated rings. The van der Waals surface area contributed by atoms with Gasteiger partial charge in [-0.05, 0) is 35.0 Å². The first-order chi connectivity index (χ1) is 5.54. The molecule has 0 saturated heterocycles. The van der Waals surface area contributed by atoms with Crippen molar-refractivity contribution in [1.29, 1.82) is 0 Å². The van der Waals surface area contributed by atoms with Gasteiger partial charge >= 0.3 is 6.16 Å². The van der Waals surface area contributed by atoms with Crippen LogP contribution in [0.2, 0.25) is 0 Å². The molecule has 12 heavy (non-hydrogen) atoms. The average Bonchev–Trinajstić information content (AvgIpc) is 1.87. The minimum absolute atomic E-state index is 0.374. The number of carbonyl (C=O) groups is 1.